The molecule has 0 atom stereocenters. The maximum atomic E-state index is 3.52. The molecule has 5 aromatic carbocycles. The largest absolute Gasteiger partial charge is 0.355 e. The van der Waals surface area contributed by atoms with Gasteiger partial charge in [-0.15, -0.1) is 0 Å². The first-order valence-corrected chi connectivity index (χ1v) is 10.9. The van der Waals surface area contributed by atoms with Crippen LogP contribution in [-0.2, 0) is 0 Å². The summed E-state index contributed by atoms with van der Waals surface area (Å²) in [6.45, 7) is 0. The fourth-order valence-corrected chi connectivity index (χ4v) is 4.44. The van der Waals surface area contributed by atoms with Crippen LogP contribution >= 0.6 is 0 Å². The number of fused-ring (bicyclic) bond motifs is 6. The second-order valence-corrected chi connectivity index (χ2v) is 8.02. The average molecular weight is 411 g/mol. The zero-order chi connectivity index (χ0) is 21.3. The van der Waals surface area contributed by atoms with Crippen molar-refractivity contribution in [2.75, 3.05) is 0 Å². The molecule has 0 fully saturated rings. The molecule has 0 aliphatic carbocycles. The van der Waals surface area contributed by atoms with Crippen molar-refractivity contribution in [3.05, 3.63) is 121 Å². The summed E-state index contributed by atoms with van der Waals surface area (Å²) in [5, 5.41) is 6.44. The van der Waals surface area contributed by atoms with Crippen LogP contribution in [0.3, 0.4) is 0 Å². The van der Waals surface area contributed by atoms with Gasteiger partial charge in [0.1, 0.15) is 0 Å². The Balaban J connectivity index is 0.000000123. The quantitative estimate of drug-likeness (QED) is 0.273. The topological polar surface area (TPSA) is 31.6 Å². The highest BCUT2D eigenvalue weighted by molar-refractivity contribution is 6.16. The number of hydrogen-bond donors (Lipinski definition) is 2. The molecule has 2 aromatic heterocycles. The summed E-state index contributed by atoms with van der Waals surface area (Å²) in [4.78, 5) is 6.93. The van der Waals surface area contributed by atoms with Crippen LogP contribution in [0.15, 0.2) is 121 Å². The lowest BCUT2D eigenvalue weighted by Crippen LogP contribution is -1.74. The molecule has 7 rings (SSSR count). The Kier molecular flexibility index (Phi) is 4.47. The van der Waals surface area contributed by atoms with Crippen molar-refractivity contribution in [2.24, 2.45) is 0 Å². The third-order valence-corrected chi connectivity index (χ3v) is 6.02. The van der Waals surface area contributed by atoms with E-state index in [9.17, 15) is 0 Å². The first-order valence-electron chi connectivity index (χ1n) is 10.9. The summed E-state index contributed by atoms with van der Waals surface area (Å²) in [5.74, 6) is 0. The highest BCUT2D eigenvalue weighted by Gasteiger charge is 2.06. The molecule has 7 aromatic rings. The van der Waals surface area contributed by atoms with Gasteiger partial charge in [-0.05, 0) is 29.1 Å². The van der Waals surface area contributed by atoms with Crippen molar-refractivity contribution in [3.8, 4) is 11.3 Å². The SMILES string of the molecule is c1ccc(-c2cc3ccccc3[nH]2)cc1.c1ccc2c(c1)ccc1c3ccccc3[nH]c21. The molecule has 0 saturated heterocycles. The number of benzene rings is 5. The van der Waals surface area contributed by atoms with E-state index in [0.29, 0.717) is 0 Å². The molecule has 2 heterocycles. The minimum absolute atomic E-state index is 1.18. The lowest BCUT2D eigenvalue weighted by molar-refractivity contribution is 1.45. The predicted molar refractivity (Wildman–Crippen MR) is 137 cm³/mol. The first-order chi connectivity index (χ1) is 15.9. The maximum Gasteiger partial charge on any atom is 0.0544 e. The Bertz CT molecular complexity index is 1640. The number of H-pyrrole nitrogens is 2. The average Bonchev–Trinajstić information content (AvgIpc) is 3.47. The van der Waals surface area contributed by atoms with Gasteiger partial charge in [0.15, 0.2) is 0 Å². The summed E-state index contributed by atoms with van der Waals surface area (Å²) in [6, 6.07) is 42.2. The van der Waals surface area contributed by atoms with E-state index in [4.69, 9.17) is 0 Å². The van der Waals surface area contributed by atoms with E-state index in [2.05, 4.69) is 119 Å². The summed E-state index contributed by atoms with van der Waals surface area (Å²) in [5.41, 5.74) is 6.05. The molecular formula is C30H22N2. The first kappa shape index (κ1) is 18.5. The van der Waals surface area contributed by atoms with Crippen LogP contribution in [0.4, 0.5) is 0 Å². The van der Waals surface area contributed by atoms with Crippen LogP contribution < -0.4 is 0 Å². The number of hydrogen-bond acceptors (Lipinski definition) is 0. The van der Waals surface area contributed by atoms with Gasteiger partial charge in [0.25, 0.3) is 0 Å². The van der Waals surface area contributed by atoms with Gasteiger partial charge in [-0.2, -0.15) is 0 Å². The molecule has 2 heteroatoms. The van der Waals surface area contributed by atoms with E-state index in [-0.39, 0.29) is 0 Å². The van der Waals surface area contributed by atoms with Crippen molar-refractivity contribution in [2.45, 2.75) is 0 Å². The third-order valence-electron chi connectivity index (χ3n) is 6.02. The Labute approximate surface area is 186 Å². The Hall–Kier alpha value is -4.30. The van der Waals surface area contributed by atoms with Gasteiger partial charge in [-0.3, -0.25) is 0 Å². The van der Waals surface area contributed by atoms with Crippen molar-refractivity contribution >= 4 is 43.5 Å². The zero-order valence-corrected chi connectivity index (χ0v) is 17.5. The summed E-state index contributed by atoms with van der Waals surface area (Å²) in [6.07, 6.45) is 0. The zero-order valence-electron chi connectivity index (χ0n) is 17.5. The van der Waals surface area contributed by atoms with E-state index >= 15 is 0 Å². The lowest BCUT2D eigenvalue weighted by Gasteiger charge is -1.98. The third kappa shape index (κ3) is 3.23. The monoisotopic (exact) mass is 410 g/mol. The molecule has 0 aliphatic heterocycles. The summed E-state index contributed by atoms with van der Waals surface area (Å²) in [7, 11) is 0. The molecule has 0 saturated carbocycles. The van der Waals surface area contributed by atoms with Gasteiger partial charge >= 0.3 is 0 Å². The fraction of sp³-hybridized carbons (Fsp3) is 0. The molecule has 32 heavy (non-hydrogen) atoms. The molecule has 0 bridgehead atoms. The van der Waals surface area contributed by atoms with Crippen LogP contribution in [0, 0.1) is 0 Å². The standard InChI is InChI=1S/C16H11N.C14H11N/c1-2-6-12-11(5-1)9-10-14-13-7-3-4-8-15(13)17-16(12)14;1-2-6-11(7-3-1)14-10-12-8-4-5-9-13(12)15-14/h1-10,17H;1-10,15H. The second-order valence-electron chi connectivity index (χ2n) is 8.02. The van der Waals surface area contributed by atoms with E-state index in [1.54, 1.807) is 0 Å². The van der Waals surface area contributed by atoms with Crippen molar-refractivity contribution < 1.29 is 0 Å². The molecular weight excluding hydrogens is 388 g/mol. The molecule has 0 aliphatic rings. The smallest absolute Gasteiger partial charge is 0.0544 e. The van der Waals surface area contributed by atoms with Crippen LogP contribution in [-0.4, -0.2) is 9.97 Å². The summed E-state index contributed by atoms with van der Waals surface area (Å²) >= 11 is 0. The Morgan fingerprint density at radius 1 is 0.406 bits per heavy atom. The minimum Gasteiger partial charge on any atom is -0.355 e. The number of rotatable bonds is 1. The predicted octanol–water partition coefficient (Wildman–Crippen LogP) is 8.31. The highest BCUT2D eigenvalue weighted by Crippen LogP contribution is 2.30. The van der Waals surface area contributed by atoms with Gasteiger partial charge < -0.3 is 9.97 Å². The van der Waals surface area contributed by atoms with E-state index in [0.717, 1.165) is 0 Å². The molecule has 2 N–H and O–H groups in total. The van der Waals surface area contributed by atoms with Crippen LogP contribution in [0.1, 0.15) is 0 Å². The van der Waals surface area contributed by atoms with Crippen LogP contribution in [0.2, 0.25) is 0 Å². The van der Waals surface area contributed by atoms with Crippen LogP contribution in [0.5, 0.6) is 0 Å². The van der Waals surface area contributed by atoms with Crippen molar-refractivity contribution in [3.63, 3.8) is 0 Å². The van der Waals surface area contributed by atoms with E-state index < -0.39 is 0 Å². The molecule has 0 radical (unpaired) electrons. The number of nitrogens with one attached hydrogen (secondary N) is 2. The Morgan fingerprint density at radius 3 is 1.88 bits per heavy atom. The maximum absolute atomic E-state index is 3.52. The number of para-hydroxylation sites is 2. The van der Waals surface area contributed by atoms with Crippen molar-refractivity contribution in [1.29, 1.82) is 0 Å². The normalized spacial score (nSPS) is 11.1. The number of aromatic nitrogens is 2. The summed E-state index contributed by atoms with van der Waals surface area (Å²) < 4.78 is 0. The molecule has 0 amide bonds. The van der Waals surface area contributed by atoms with E-state index in [1.807, 2.05) is 12.1 Å². The molecule has 0 unspecified atom stereocenters. The van der Waals surface area contributed by atoms with Gasteiger partial charge in [-0.1, -0.05) is 103 Å². The van der Waals surface area contributed by atoms with Crippen molar-refractivity contribution in [1.82, 2.24) is 9.97 Å². The second kappa shape index (κ2) is 7.75. The minimum atomic E-state index is 1.18. The van der Waals surface area contributed by atoms with Gasteiger partial charge in [0.2, 0.25) is 0 Å². The van der Waals surface area contributed by atoms with Gasteiger partial charge in [0.05, 0.1) is 5.52 Å². The highest BCUT2D eigenvalue weighted by atomic mass is 14.7. The molecule has 2 nitrogen and oxygen atoms in total. The van der Waals surface area contributed by atoms with Crippen LogP contribution in [0.25, 0.3) is 54.7 Å². The fourth-order valence-electron chi connectivity index (χ4n) is 4.44. The van der Waals surface area contributed by atoms with E-state index in [1.165, 1.54) is 54.7 Å². The Morgan fingerprint density at radius 2 is 1.06 bits per heavy atom. The van der Waals surface area contributed by atoms with Gasteiger partial charge in [-0.25, -0.2) is 0 Å². The molecule has 152 valence electrons. The number of aromatic amines is 2. The lowest BCUT2D eigenvalue weighted by atomic mass is 10.1. The van der Waals surface area contributed by atoms with Gasteiger partial charge in [0, 0.05) is 38.3 Å². The molecule has 0 spiro atoms.